The number of nitrogens with one attached hydrogen (secondary N) is 1. The Morgan fingerprint density at radius 3 is 2.49 bits per heavy atom. The van der Waals surface area contributed by atoms with Crippen LogP contribution in [0.3, 0.4) is 0 Å². The average molecular weight is 468 g/mol. The zero-order valence-electron chi connectivity index (χ0n) is 19.6. The van der Waals surface area contributed by atoms with E-state index in [4.69, 9.17) is 4.98 Å². The molecule has 1 N–H and O–H groups in total. The lowest BCUT2D eigenvalue weighted by molar-refractivity contribution is 0.286. The first kappa shape index (κ1) is 21.9. The smallest absolute Gasteiger partial charge is 0.133 e. The van der Waals surface area contributed by atoms with Gasteiger partial charge in [-0.3, -0.25) is 4.98 Å². The van der Waals surface area contributed by atoms with Gasteiger partial charge in [0.1, 0.15) is 17.5 Å². The normalized spacial score (nSPS) is 19.3. The molecule has 6 rings (SSSR count). The third-order valence-corrected chi connectivity index (χ3v) is 7.76. The van der Waals surface area contributed by atoms with Crippen LogP contribution in [0.25, 0.3) is 33.1 Å². The molecule has 5 aromatic rings. The molecular weight excluding hydrogens is 440 g/mol. The number of imidazole rings is 1. The Morgan fingerprint density at radius 2 is 1.69 bits per heavy atom. The van der Waals surface area contributed by atoms with Crippen LogP contribution in [0.15, 0.2) is 72.9 Å². The number of fused-ring (bicyclic) bond motifs is 2. The van der Waals surface area contributed by atoms with Gasteiger partial charge in [0.05, 0.1) is 16.6 Å². The maximum Gasteiger partial charge on any atom is 0.133 e. The van der Waals surface area contributed by atoms with E-state index in [9.17, 15) is 8.78 Å². The van der Waals surface area contributed by atoms with Crippen LogP contribution in [0.4, 0.5) is 8.78 Å². The highest BCUT2D eigenvalue weighted by atomic mass is 19.1. The summed E-state index contributed by atoms with van der Waals surface area (Å²) in [4.78, 5) is 12.7. The zero-order chi connectivity index (χ0) is 23.9. The van der Waals surface area contributed by atoms with E-state index in [0.717, 1.165) is 59.0 Å². The van der Waals surface area contributed by atoms with Crippen molar-refractivity contribution in [3.8, 4) is 11.1 Å². The van der Waals surface area contributed by atoms with Crippen molar-refractivity contribution in [1.29, 1.82) is 0 Å². The van der Waals surface area contributed by atoms with Crippen molar-refractivity contribution >= 4 is 21.9 Å². The number of benzene rings is 3. The van der Waals surface area contributed by atoms with Crippen molar-refractivity contribution < 1.29 is 8.78 Å². The Labute approximate surface area is 203 Å². The van der Waals surface area contributed by atoms with Crippen LogP contribution in [0, 0.1) is 17.6 Å². The highest BCUT2D eigenvalue weighted by Gasteiger charge is 2.29. The molecule has 1 saturated carbocycles. The summed E-state index contributed by atoms with van der Waals surface area (Å²) in [7, 11) is 0. The van der Waals surface area contributed by atoms with E-state index in [-0.39, 0.29) is 17.6 Å². The number of aromatic nitrogens is 3. The second-order valence-corrected chi connectivity index (χ2v) is 9.80. The molecule has 1 aliphatic rings. The molecular formula is C30H27F2N3. The minimum absolute atomic E-state index is 0.217. The van der Waals surface area contributed by atoms with E-state index in [0.29, 0.717) is 17.4 Å². The van der Waals surface area contributed by atoms with Crippen molar-refractivity contribution in [2.24, 2.45) is 5.92 Å². The molecule has 0 unspecified atom stereocenters. The van der Waals surface area contributed by atoms with Crippen LogP contribution in [-0.4, -0.2) is 15.0 Å². The summed E-state index contributed by atoms with van der Waals surface area (Å²) in [5.74, 6) is 1.61. The summed E-state index contributed by atoms with van der Waals surface area (Å²) in [6, 6.07) is 19.9. The molecule has 1 fully saturated rings. The van der Waals surface area contributed by atoms with Crippen LogP contribution in [0.2, 0.25) is 0 Å². The molecule has 0 amide bonds. The fourth-order valence-electron chi connectivity index (χ4n) is 5.75. The fourth-order valence-corrected chi connectivity index (χ4v) is 5.75. The van der Waals surface area contributed by atoms with Crippen molar-refractivity contribution in [3.63, 3.8) is 0 Å². The van der Waals surface area contributed by atoms with Crippen LogP contribution < -0.4 is 0 Å². The van der Waals surface area contributed by atoms with E-state index in [1.165, 1.54) is 11.6 Å². The lowest BCUT2D eigenvalue weighted by Gasteiger charge is -2.32. The van der Waals surface area contributed by atoms with Crippen LogP contribution in [0.1, 0.15) is 55.8 Å². The number of rotatable bonds is 4. The number of hydrogen-bond donors (Lipinski definition) is 1. The van der Waals surface area contributed by atoms with Gasteiger partial charge in [0.25, 0.3) is 0 Å². The minimum Gasteiger partial charge on any atom is -0.342 e. The van der Waals surface area contributed by atoms with Gasteiger partial charge in [-0.25, -0.2) is 13.8 Å². The van der Waals surface area contributed by atoms with Crippen LogP contribution in [-0.2, 0) is 0 Å². The molecule has 3 nitrogen and oxygen atoms in total. The van der Waals surface area contributed by atoms with Gasteiger partial charge < -0.3 is 4.98 Å². The Bertz CT molecular complexity index is 1500. The molecule has 0 bridgehead atoms. The molecule has 1 atom stereocenters. The number of halogens is 2. The molecule has 3 aromatic carbocycles. The van der Waals surface area contributed by atoms with E-state index in [1.807, 2.05) is 48.7 Å². The lowest BCUT2D eigenvalue weighted by atomic mass is 9.73. The highest BCUT2D eigenvalue weighted by molar-refractivity contribution is 5.83. The molecule has 0 saturated heterocycles. The summed E-state index contributed by atoms with van der Waals surface area (Å²) in [6.45, 7) is 2.22. The van der Waals surface area contributed by atoms with Crippen molar-refractivity contribution in [3.05, 3.63) is 95.9 Å². The molecule has 5 heteroatoms. The number of H-pyrrole nitrogens is 1. The fraction of sp³-hybridized carbons (Fsp3) is 0.267. The molecule has 176 valence electrons. The maximum atomic E-state index is 14.8. The third kappa shape index (κ3) is 4.09. The molecule has 2 aromatic heterocycles. The van der Waals surface area contributed by atoms with E-state index in [2.05, 4.69) is 16.9 Å². The minimum atomic E-state index is -0.243. The van der Waals surface area contributed by atoms with Crippen molar-refractivity contribution in [1.82, 2.24) is 15.0 Å². The number of pyridine rings is 1. The largest absolute Gasteiger partial charge is 0.342 e. The van der Waals surface area contributed by atoms with Gasteiger partial charge in [-0.1, -0.05) is 37.3 Å². The Balaban J connectivity index is 1.21. The maximum absolute atomic E-state index is 14.8. The second kappa shape index (κ2) is 8.88. The summed E-state index contributed by atoms with van der Waals surface area (Å²) in [5.41, 5.74) is 5.02. The lowest BCUT2D eigenvalue weighted by Crippen LogP contribution is -2.19. The number of aromatic amines is 1. The summed E-state index contributed by atoms with van der Waals surface area (Å²) in [6.07, 6.45) is 6.09. The molecule has 2 heterocycles. The van der Waals surface area contributed by atoms with Crippen molar-refractivity contribution in [2.45, 2.75) is 44.4 Å². The van der Waals surface area contributed by atoms with Gasteiger partial charge in [-0.05, 0) is 79.0 Å². The van der Waals surface area contributed by atoms with E-state index >= 15 is 0 Å². The SMILES string of the molecule is C[C@H](c1nc2cc(-c3ccccc3)c(F)cc2[nH]1)[C@H]1CC[C@@H](c2ccnc3ccc(F)cc32)CC1. The van der Waals surface area contributed by atoms with Crippen LogP contribution in [0.5, 0.6) is 0 Å². The first-order chi connectivity index (χ1) is 17.1. The zero-order valence-corrected chi connectivity index (χ0v) is 19.6. The van der Waals surface area contributed by atoms with E-state index < -0.39 is 0 Å². The van der Waals surface area contributed by atoms with Gasteiger partial charge in [-0.2, -0.15) is 0 Å². The first-order valence-corrected chi connectivity index (χ1v) is 12.4. The van der Waals surface area contributed by atoms with Gasteiger partial charge in [0.15, 0.2) is 0 Å². The summed E-state index contributed by atoms with van der Waals surface area (Å²) < 4.78 is 28.7. The van der Waals surface area contributed by atoms with Gasteiger partial charge >= 0.3 is 0 Å². The number of nitrogens with zero attached hydrogens (tertiary/aromatic N) is 2. The Hall–Kier alpha value is -3.60. The van der Waals surface area contributed by atoms with Gasteiger partial charge in [0.2, 0.25) is 0 Å². The Morgan fingerprint density at radius 1 is 0.886 bits per heavy atom. The van der Waals surface area contributed by atoms with Gasteiger partial charge in [-0.15, -0.1) is 0 Å². The van der Waals surface area contributed by atoms with Crippen LogP contribution >= 0.6 is 0 Å². The number of hydrogen-bond acceptors (Lipinski definition) is 2. The Kier molecular flexibility index (Phi) is 5.56. The first-order valence-electron chi connectivity index (χ1n) is 12.4. The standard InChI is InChI=1S/C30H27F2N3/c1-18(30-34-28-16-24(20-5-3-2-4-6-20)26(32)17-29(28)35-30)19-7-9-21(10-8-19)23-13-14-33-27-12-11-22(31)15-25(23)27/h2-6,11-19,21H,7-10H2,1H3,(H,34,35)/t18-,19-,21+/m0/s1. The predicted octanol–water partition coefficient (Wildman–Crippen LogP) is 8.13. The topological polar surface area (TPSA) is 41.6 Å². The highest BCUT2D eigenvalue weighted by Crippen LogP contribution is 2.43. The summed E-state index contributed by atoms with van der Waals surface area (Å²) in [5, 5.41) is 0.928. The predicted molar refractivity (Wildman–Crippen MR) is 136 cm³/mol. The van der Waals surface area contributed by atoms with Crippen molar-refractivity contribution in [2.75, 3.05) is 0 Å². The summed E-state index contributed by atoms with van der Waals surface area (Å²) >= 11 is 0. The quantitative estimate of drug-likeness (QED) is 0.290. The van der Waals surface area contributed by atoms with E-state index in [1.54, 1.807) is 18.2 Å². The van der Waals surface area contributed by atoms with Gasteiger partial charge in [0, 0.05) is 29.1 Å². The third-order valence-electron chi connectivity index (χ3n) is 7.76. The molecule has 35 heavy (non-hydrogen) atoms. The molecule has 0 radical (unpaired) electrons. The molecule has 1 aliphatic carbocycles. The molecule has 0 spiro atoms. The monoisotopic (exact) mass is 467 g/mol. The molecule has 0 aliphatic heterocycles. The second-order valence-electron chi connectivity index (χ2n) is 9.80. The average Bonchev–Trinajstić information content (AvgIpc) is 3.31.